The van der Waals surface area contributed by atoms with Crippen molar-refractivity contribution < 1.29 is 0 Å². The van der Waals surface area contributed by atoms with Crippen LogP contribution in [0.2, 0.25) is 0 Å². The number of fused-ring (bicyclic) bond motifs is 9. The van der Waals surface area contributed by atoms with E-state index in [1.54, 1.807) is 0 Å². The Kier molecular flexibility index (Phi) is 10.6. The van der Waals surface area contributed by atoms with E-state index in [9.17, 15) is 0 Å². The van der Waals surface area contributed by atoms with Crippen molar-refractivity contribution in [1.29, 1.82) is 0 Å². The smallest absolute Gasteiger partial charge is 0.287 e. The molecule has 0 spiro atoms. The molecule has 0 saturated carbocycles. The Morgan fingerprint density at radius 3 is 1.25 bits per heavy atom. The highest BCUT2D eigenvalue weighted by atomic mass is 15.1. The van der Waals surface area contributed by atoms with Crippen LogP contribution >= 0.6 is 0 Å². The number of aromatic nitrogens is 2. The highest BCUT2D eigenvalue weighted by molar-refractivity contribution is 6.68. The van der Waals surface area contributed by atoms with Crippen LogP contribution in [0.15, 0.2) is 97.1 Å². The summed E-state index contributed by atoms with van der Waals surface area (Å²) in [6.07, 6.45) is 18.2. The minimum atomic E-state index is 1.14. The van der Waals surface area contributed by atoms with Crippen LogP contribution in [-0.4, -0.2) is 24.0 Å². The Morgan fingerprint density at radius 1 is 0.442 bits per heavy atom. The Balaban J connectivity index is 1.24. The number of nitrogens with zero attached hydrogens (tertiary/aromatic N) is 2. The fraction of sp³-hybridized carbons (Fsp3) is 0.348. The van der Waals surface area contributed by atoms with Crippen molar-refractivity contribution in [2.75, 3.05) is 10.5 Å². The minimum Gasteiger partial charge on any atom is -0.427 e. The standard InChI is InChI=1S/C46H52B2N4/c1-3-5-7-9-11-13-19-33-25-29-35(30-26-33)51-43-37-21-15-17-23-39(37)49-47-41(43)46-45(51)42-44(38-22-16-18-24-40(38)50-48-42)52(46)36-31-27-34(28-32-36)20-14-12-10-8-6-4-2/h15-18,21-32,49-50H,3-14,19-20H2,1-2H3. The molecule has 0 aliphatic carbocycles. The maximum absolute atomic E-state index is 3.68. The molecule has 4 aromatic carbocycles. The number of rotatable bonds is 16. The zero-order valence-electron chi connectivity index (χ0n) is 31.2. The van der Waals surface area contributed by atoms with Gasteiger partial charge in [-0.15, -0.1) is 0 Å². The monoisotopic (exact) mass is 682 g/mol. The van der Waals surface area contributed by atoms with Crippen LogP contribution in [0.3, 0.4) is 0 Å². The highest BCUT2D eigenvalue weighted by Crippen LogP contribution is 2.41. The fourth-order valence-corrected chi connectivity index (χ4v) is 8.49. The van der Waals surface area contributed by atoms with Gasteiger partial charge in [0.25, 0.3) is 14.8 Å². The lowest BCUT2D eigenvalue weighted by Crippen LogP contribution is -2.32. The predicted molar refractivity (Wildman–Crippen MR) is 226 cm³/mol. The molecule has 0 fully saturated rings. The van der Waals surface area contributed by atoms with Crippen LogP contribution in [0.25, 0.3) is 44.9 Å². The van der Waals surface area contributed by atoms with Crippen molar-refractivity contribution in [3.05, 3.63) is 108 Å². The quantitative estimate of drug-likeness (QED) is 0.0787. The van der Waals surface area contributed by atoms with Crippen LogP contribution in [-0.2, 0) is 12.8 Å². The van der Waals surface area contributed by atoms with E-state index in [0.717, 1.165) is 24.2 Å². The maximum Gasteiger partial charge on any atom is 0.287 e. The second kappa shape index (κ2) is 16.0. The average Bonchev–Trinajstić information content (AvgIpc) is 3.71. The van der Waals surface area contributed by atoms with Gasteiger partial charge in [-0.1, -0.05) is 139 Å². The Bertz CT molecular complexity index is 1970. The van der Waals surface area contributed by atoms with Crippen molar-refractivity contribution in [2.24, 2.45) is 0 Å². The third-order valence-electron chi connectivity index (χ3n) is 11.3. The van der Waals surface area contributed by atoms with Crippen LogP contribution in [0.5, 0.6) is 0 Å². The Hall–Kier alpha value is -4.57. The van der Waals surface area contributed by atoms with Gasteiger partial charge in [-0.25, -0.2) is 0 Å². The van der Waals surface area contributed by atoms with E-state index in [0.29, 0.717) is 0 Å². The molecule has 0 amide bonds. The van der Waals surface area contributed by atoms with E-state index in [1.165, 1.54) is 144 Å². The van der Waals surface area contributed by atoms with Crippen LogP contribution < -0.4 is 21.4 Å². The SMILES string of the molecule is CCCCCCCCc1ccc(-n2c3c(c4c2c2c(n4-c4ccc(CCCCCCCC)cc4)-c4ccccc4N[B]2)[B]Nc2ccccc2-3)cc1. The molecular weight excluding hydrogens is 630 g/mol. The summed E-state index contributed by atoms with van der Waals surface area (Å²) in [5, 5.41) is 7.35. The largest absolute Gasteiger partial charge is 0.427 e. The zero-order chi connectivity index (χ0) is 35.3. The van der Waals surface area contributed by atoms with Gasteiger partial charge in [0.15, 0.2) is 0 Å². The molecule has 0 atom stereocenters. The maximum atomic E-state index is 3.68. The van der Waals surface area contributed by atoms with Gasteiger partial charge < -0.3 is 19.6 Å². The third kappa shape index (κ3) is 6.73. The van der Waals surface area contributed by atoms with Gasteiger partial charge in [0, 0.05) is 33.9 Å². The van der Waals surface area contributed by atoms with Gasteiger partial charge in [-0.3, -0.25) is 0 Å². The topological polar surface area (TPSA) is 33.9 Å². The average molecular weight is 683 g/mol. The van der Waals surface area contributed by atoms with Gasteiger partial charge >= 0.3 is 0 Å². The summed E-state index contributed by atoms with van der Waals surface area (Å²) in [6.45, 7) is 4.58. The first kappa shape index (κ1) is 34.5. The summed E-state index contributed by atoms with van der Waals surface area (Å²) in [5.41, 5.74) is 17.4. The second-order valence-electron chi connectivity index (χ2n) is 14.9. The molecule has 52 heavy (non-hydrogen) atoms. The number of benzene rings is 4. The van der Waals surface area contributed by atoms with E-state index in [2.05, 4.69) is 145 Å². The van der Waals surface area contributed by atoms with Gasteiger partial charge in [-0.2, -0.15) is 0 Å². The first-order valence-electron chi connectivity index (χ1n) is 20.2. The Morgan fingerprint density at radius 2 is 0.827 bits per heavy atom. The molecule has 0 unspecified atom stereocenters. The summed E-state index contributed by atoms with van der Waals surface area (Å²) in [7, 11) is 4.47. The number of hydrogen-bond donors (Lipinski definition) is 2. The molecular formula is C46H52B2N4. The molecule has 8 rings (SSSR count). The van der Waals surface area contributed by atoms with Crippen molar-refractivity contribution in [2.45, 2.75) is 104 Å². The normalized spacial score (nSPS) is 12.6. The van der Waals surface area contributed by atoms with E-state index in [-0.39, 0.29) is 0 Å². The molecule has 0 bridgehead atoms. The lowest BCUT2D eigenvalue weighted by Gasteiger charge is -2.24. The van der Waals surface area contributed by atoms with Crippen molar-refractivity contribution in [3.63, 3.8) is 0 Å². The van der Waals surface area contributed by atoms with Crippen LogP contribution in [0.4, 0.5) is 11.4 Å². The van der Waals surface area contributed by atoms with E-state index < -0.39 is 0 Å². The summed E-state index contributed by atoms with van der Waals surface area (Å²) < 4.78 is 5.06. The van der Waals surface area contributed by atoms with E-state index in [4.69, 9.17) is 0 Å². The van der Waals surface area contributed by atoms with Gasteiger partial charge in [0.1, 0.15) is 0 Å². The van der Waals surface area contributed by atoms with Crippen molar-refractivity contribution in [3.8, 4) is 33.9 Å². The summed E-state index contributed by atoms with van der Waals surface area (Å²) in [5.74, 6) is 0. The van der Waals surface area contributed by atoms with E-state index in [1.807, 2.05) is 0 Å². The van der Waals surface area contributed by atoms with Gasteiger partial charge in [-0.05, 0) is 84.1 Å². The highest BCUT2D eigenvalue weighted by Gasteiger charge is 2.35. The molecule has 2 aromatic heterocycles. The fourth-order valence-electron chi connectivity index (χ4n) is 8.49. The van der Waals surface area contributed by atoms with Crippen LogP contribution in [0, 0.1) is 0 Å². The minimum absolute atomic E-state index is 1.14. The van der Waals surface area contributed by atoms with Crippen molar-refractivity contribution in [1.82, 2.24) is 9.13 Å². The number of aryl methyl sites for hydroxylation is 2. The summed E-state index contributed by atoms with van der Waals surface area (Å²) >= 11 is 0. The number of anilines is 2. The molecule has 2 N–H and O–H groups in total. The molecule has 4 nitrogen and oxygen atoms in total. The molecule has 0 saturated heterocycles. The predicted octanol–water partition coefficient (Wildman–Crippen LogP) is 10.9. The lowest BCUT2D eigenvalue weighted by molar-refractivity contribution is 0.607. The Labute approximate surface area is 312 Å². The number of hydrogen-bond acceptors (Lipinski definition) is 2. The molecule has 2 aliphatic rings. The molecule has 6 aromatic rings. The first-order chi connectivity index (χ1) is 25.8. The van der Waals surface area contributed by atoms with E-state index >= 15 is 0 Å². The van der Waals surface area contributed by atoms with Gasteiger partial charge in [0.2, 0.25) is 0 Å². The van der Waals surface area contributed by atoms with Crippen molar-refractivity contribution >= 4 is 48.2 Å². The lowest BCUT2D eigenvalue weighted by atomic mass is 9.75. The third-order valence-corrected chi connectivity index (χ3v) is 11.3. The van der Waals surface area contributed by atoms with Gasteiger partial charge in [0.05, 0.1) is 22.4 Å². The second-order valence-corrected chi connectivity index (χ2v) is 14.9. The zero-order valence-corrected chi connectivity index (χ0v) is 31.2. The molecule has 6 heteroatoms. The first-order valence-corrected chi connectivity index (χ1v) is 20.2. The molecule has 2 radical (unpaired) electrons. The number of unbranched alkanes of at least 4 members (excludes halogenated alkanes) is 10. The molecule has 4 heterocycles. The van der Waals surface area contributed by atoms with Crippen LogP contribution in [0.1, 0.15) is 102 Å². The molecule has 2 aliphatic heterocycles. The molecule has 262 valence electrons. The number of nitrogens with one attached hydrogen (secondary N) is 2. The number of para-hydroxylation sites is 2. The summed E-state index contributed by atoms with van der Waals surface area (Å²) in [6, 6.07) is 36.3. The summed E-state index contributed by atoms with van der Waals surface area (Å²) in [4.78, 5) is 0.